The predicted molar refractivity (Wildman–Crippen MR) is 136 cm³/mol. The molecule has 0 radical (unpaired) electrons. The molecule has 170 valence electrons. The average molecular weight is 559 g/mol. The lowest BCUT2D eigenvalue weighted by molar-refractivity contribution is -0.384. The van der Waals surface area contributed by atoms with Gasteiger partial charge in [0.15, 0.2) is 5.96 Å². The molecule has 2 heterocycles. The Hall–Kier alpha value is -1.76. The number of non-ortho nitro benzene ring substituents is 1. The van der Waals surface area contributed by atoms with Gasteiger partial charge in [-0.25, -0.2) is 4.99 Å². The fourth-order valence-corrected chi connectivity index (χ4v) is 3.87. The van der Waals surface area contributed by atoms with Crippen LogP contribution in [0.15, 0.2) is 46.8 Å². The molecule has 0 saturated carbocycles. The lowest BCUT2D eigenvalue weighted by atomic mass is 10.2. The van der Waals surface area contributed by atoms with Crippen molar-refractivity contribution in [3.05, 3.63) is 62.3 Å². The van der Waals surface area contributed by atoms with E-state index in [0.29, 0.717) is 6.54 Å². The van der Waals surface area contributed by atoms with E-state index in [-0.39, 0.29) is 34.6 Å². The zero-order valence-electron chi connectivity index (χ0n) is 17.5. The number of aliphatic imine (C=N–C) groups is 1. The molecule has 1 aromatic carbocycles. The van der Waals surface area contributed by atoms with Gasteiger partial charge >= 0.3 is 0 Å². The van der Waals surface area contributed by atoms with E-state index < -0.39 is 0 Å². The number of guanidine groups is 1. The number of hydrogen-bond donors (Lipinski definition) is 2. The molecule has 31 heavy (non-hydrogen) atoms. The van der Waals surface area contributed by atoms with Gasteiger partial charge in [-0.05, 0) is 36.4 Å². The SMILES string of the molecule is I.O=[N+]([O-])c1ccc(CN=C(NCCCN2CCOCC2)NCCc2cccs2)cc1. The number of nitrogens with zero attached hydrogens (tertiary/aromatic N) is 3. The monoisotopic (exact) mass is 559 g/mol. The van der Waals surface area contributed by atoms with Crippen LogP contribution < -0.4 is 10.6 Å². The molecule has 0 amide bonds. The zero-order valence-corrected chi connectivity index (χ0v) is 20.6. The Morgan fingerprint density at radius 2 is 1.90 bits per heavy atom. The van der Waals surface area contributed by atoms with E-state index in [4.69, 9.17) is 4.74 Å². The van der Waals surface area contributed by atoms with Crippen LogP contribution in [-0.2, 0) is 17.7 Å². The van der Waals surface area contributed by atoms with Gasteiger partial charge in [-0.3, -0.25) is 15.0 Å². The number of nitrogens with one attached hydrogen (secondary N) is 2. The fourth-order valence-electron chi connectivity index (χ4n) is 3.16. The maximum absolute atomic E-state index is 10.8. The Morgan fingerprint density at radius 3 is 2.58 bits per heavy atom. The molecule has 2 aromatic rings. The first-order valence-electron chi connectivity index (χ1n) is 10.3. The van der Waals surface area contributed by atoms with E-state index in [1.165, 1.54) is 17.0 Å². The van der Waals surface area contributed by atoms with Gasteiger partial charge in [-0.1, -0.05) is 18.2 Å². The highest BCUT2D eigenvalue weighted by Crippen LogP contribution is 2.12. The van der Waals surface area contributed by atoms with Gasteiger partial charge in [0.25, 0.3) is 5.69 Å². The molecular formula is C21H30IN5O3S. The second kappa shape index (κ2) is 14.3. The maximum Gasteiger partial charge on any atom is 0.269 e. The molecule has 1 aromatic heterocycles. The molecule has 0 atom stereocenters. The normalized spacial score (nSPS) is 14.6. The van der Waals surface area contributed by atoms with Gasteiger partial charge in [-0.15, -0.1) is 35.3 Å². The Labute approximate surface area is 204 Å². The van der Waals surface area contributed by atoms with Gasteiger partial charge in [0.1, 0.15) is 0 Å². The molecule has 0 spiro atoms. The second-order valence-corrected chi connectivity index (χ2v) is 8.11. The van der Waals surface area contributed by atoms with Crippen LogP contribution in [0.2, 0.25) is 0 Å². The number of thiophene rings is 1. The van der Waals surface area contributed by atoms with Gasteiger partial charge in [0, 0.05) is 43.2 Å². The lowest BCUT2D eigenvalue weighted by Crippen LogP contribution is -2.41. The van der Waals surface area contributed by atoms with Crippen molar-refractivity contribution in [2.75, 3.05) is 45.9 Å². The van der Waals surface area contributed by atoms with Crippen LogP contribution in [0.4, 0.5) is 5.69 Å². The Kier molecular flexibility index (Phi) is 11.8. The molecule has 1 fully saturated rings. The standard InChI is InChI=1S/C21H29N5O3S.HI/c27-26(28)19-6-4-18(5-7-19)17-24-21(23-10-8-20-3-1-16-30-20)22-9-2-11-25-12-14-29-15-13-25;/h1,3-7,16H,2,8-15,17H2,(H2,22,23,24);1H. The van der Waals surface area contributed by atoms with E-state index in [9.17, 15) is 10.1 Å². The number of morpholine rings is 1. The van der Waals surface area contributed by atoms with Gasteiger partial charge < -0.3 is 15.4 Å². The summed E-state index contributed by atoms with van der Waals surface area (Å²) in [7, 11) is 0. The number of rotatable bonds is 10. The Morgan fingerprint density at radius 1 is 1.16 bits per heavy atom. The Balaban J connectivity index is 0.00000341. The largest absolute Gasteiger partial charge is 0.379 e. The lowest BCUT2D eigenvalue weighted by Gasteiger charge is -2.26. The minimum absolute atomic E-state index is 0. The number of nitro benzene ring substituents is 1. The van der Waals surface area contributed by atoms with Crippen molar-refractivity contribution in [1.29, 1.82) is 0 Å². The summed E-state index contributed by atoms with van der Waals surface area (Å²) in [4.78, 5) is 18.8. The van der Waals surface area contributed by atoms with Crippen LogP contribution in [0, 0.1) is 10.1 Å². The van der Waals surface area contributed by atoms with Crippen LogP contribution in [0.25, 0.3) is 0 Å². The summed E-state index contributed by atoms with van der Waals surface area (Å²) < 4.78 is 5.39. The number of hydrogen-bond acceptors (Lipinski definition) is 6. The summed E-state index contributed by atoms with van der Waals surface area (Å²) in [5.41, 5.74) is 1.03. The summed E-state index contributed by atoms with van der Waals surface area (Å²) >= 11 is 1.75. The molecule has 2 N–H and O–H groups in total. The van der Waals surface area contributed by atoms with Crippen LogP contribution in [0.1, 0.15) is 16.9 Å². The molecule has 1 aliphatic rings. The van der Waals surface area contributed by atoms with Crippen molar-refractivity contribution in [3.8, 4) is 0 Å². The summed E-state index contributed by atoms with van der Waals surface area (Å²) in [6.07, 6.45) is 1.98. The quantitative estimate of drug-likeness (QED) is 0.116. The van der Waals surface area contributed by atoms with Gasteiger partial charge in [0.2, 0.25) is 0 Å². The average Bonchev–Trinajstić information content (AvgIpc) is 3.29. The van der Waals surface area contributed by atoms with Crippen molar-refractivity contribution in [3.63, 3.8) is 0 Å². The molecule has 1 saturated heterocycles. The minimum atomic E-state index is -0.388. The number of halogens is 1. The van der Waals surface area contributed by atoms with Crippen molar-refractivity contribution in [1.82, 2.24) is 15.5 Å². The highest BCUT2D eigenvalue weighted by Gasteiger charge is 2.09. The fraction of sp³-hybridized carbons (Fsp3) is 0.476. The molecule has 1 aliphatic heterocycles. The molecule has 8 nitrogen and oxygen atoms in total. The van der Waals surface area contributed by atoms with Gasteiger partial charge in [-0.2, -0.15) is 0 Å². The molecule has 3 rings (SSSR count). The predicted octanol–water partition coefficient (Wildman–Crippen LogP) is 3.27. The minimum Gasteiger partial charge on any atom is -0.379 e. The van der Waals surface area contributed by atoms with Crippen molar-refractivity contribution in [2.45, 2.75) is 19.4 Å². The number of nitro groups is 1. The van der Waals surface area contributed by atoms with Crippen molar-refractivity contribution < 1.29 is 9.66 Å². The third-order valence-electron chi connectivity index (χ3n) is 4.86. The summed E-state index contributed by atoms with van der Waals surface area (Å²) in [6.45, 7) is 6.79. The van der Waals surface area contributed by atoms with Crippen LogP contribution >= 0.6 is 35.3 Å². The third-order valence-corrected chi connectivity index (χ3v) is 5.79. The van der Waals surface area contributed by atoms with E-state index >= 15 is 0 Å². The topological polar surface area (TPSA) is 92.0 Å². The summed E-state index contributed by atoms with van der Waals surface area (Å²) in [5.74, 6) is 0.770. The van der Waals surface area contributed by atoms with Crippen molar-refractivity contribution in [2.24, 2.45) is 4.99 Å². The Bertz CT molecular complexity index is 796. The number of ether oxygens (including phenoxy) is 1. The molecule has 0 aliphatic carbocycles. The van der Waals surface area contributed by atoms with Crippen LogP contribution in [-0.4, -0.2) is 61.7 Å². The molecular weight excluding hydrogens is 529 g/mol. The third kappa shape index (κ3) is 9.50. The van der Waals surface area contributed by atoms with E-state index in [2.05, 4.69) is 38.0 Å². The summed E-state index contributed by atoms with van der Waals surface area (Å²) in [6, 6.07) is 10.7. The summed E-state index contributed by atoms with van der Waals surface area (Å²) in [5, 5.41) is 19.7. The second-order valence-electron chi connectivity index (χ2n) is 7.08. The first-order valence-corrected chi connectivity index (χ1v) is 11.2. The number of benzene rings is 1. The first-order chi connectivity index (χ1) is 14.7. The highest BCUT2D eigenvalue weighted by molar-refractivity contribution is 14.0. The van der Waals surface area contributed by atoms with E-state index in [1.807, 2.05) is 0 Å². The van der Waals surface area contributed by atoms with Crippen molar-refractivity contribution >= 4 is 47.0 Å². The highest BCUT2D eigenvalue weighted by atomic mass is 127. The molecule has 10 heteroatoms. The zero-order chi connectivity index (χ0) is 21.0. The first kappa shape index (κ1) is 25.5. The smallest absolute Gasteiger partial charge is 0.269 e. The van der Waals surface area contributed by atoms with Crippen LogP contribution in [0.3, 0.4) is 0 Å². The van der Waals surface area contributed by atoms with E-state index in [0.717, 1.165) is 70.3 Å². The van der Waals surface area contributed by atoms with Crippen LogP contribution in [0.5, 0.6) is 0 Å². The molecule has 0 bridgehead atoms. The molecule has 0 unspecified atom stereocenters. The van der Waals surface area contributed by atoms with Gasteiger partial charge in [0.05, 0.1) is 24.7 Å². The van der Waals surface area contributed by atoms with E-state index in [1.54, 1.807) is 23.5 Å². The maximum atomic E-state index is 10.8.